The number of nitriles is 1. The highest BCUT2D eigenvalue weighted by molar-refractivity contribution is 5.97. The fourth-order valence-corrected chi connectivity index (χ4v) is 4.51. The third-order valence-electron chi connectivity index (χ3n) is 5.99. The number of aryl methyl sites for hydroxylation is 1. The van der Waals surface area contributed by atoms with Gasteiger partial charge in [0.15, 0.2) is 0 Å². The van der Waals surface area contributed by atoms with Crippen molar-refractivity contribution in [1.29, 1.82) is 5.26 Å². The molecule has 1 N–H and O–H groups in total. The van der Waals surface area contributed by atoms with Crippen LogP contribution >= 0.6 is 0 Å². The minimum atomic E-state index is 0.0807. The van der Waals surface area contributed by atoms with Crippen molar-refractivity contribution < 1.29 is 0 Å². The Morgan fingerprint density at radius 2 is 1.90 bits per heavy atom. The van der Waals surface area contributed by atoms with Crippen molar-refractivity contribution in [3.63, 3.8) is 0 Å². The maximum atomic E-state index is 9.49. The molecule has 1 aliphatic rings. The van der Waals surface area contributed by atoms with Crippen molar-refractivity contribution in [2.24, 2.45) is 7.05 Å². The maximum absolute atomic E-state index is 9.49. The van der Waals surface area contributed by atoms with Gasteiger partial charge in [-0.15, -0.1) is 0 Å². The highest BCUT2D eigenvalue weighted by Crippen LogP contribution is 2.31. The van der Waals surface area contributed by atoms with Gasteiger partial charge in [-0.2, -0.15) is 10.4 Å². The van der Waals surface area contributed by atoms with Crippen molar-refractivity contribution in [1.82, 2.24) is 15.2 Å². The molecule has 0 bridgehead atoms. The Kier molecular flexibility index (Phi) is 5.53. The lowest BCUT2D eigenvalue weighted by atomic mass is 9.86. The second-order valence-electron chi connectivity index (χ2n) is 9.38. The molecule has 5 heteroatoms. The minimum Gasteiger partial charge on any atom is -0.308 e. The van der Waals surface area contributed by atoms with E-state index in [-0.39, 0.29) is 5.41 Å². The zero-order valence-electron chi connectivity index (χ0n) is 18.4. The first-order chi connectivity index (χ1) is 14.4. The summed E-state index contributed by atoms with van der Waals surface area (Å²) in [6.45, 7) is 7.72. The molecule has 2 heterocycles. The molecule has 1 atom stereocenters. The average molecular weight is 402 g/mol. The Balaban J connectivity index is 1.64. The smallest absolute Gasteiger partial charge is 0.0998 e. The first-order valence-corrected chi connectivity index (χ1v) is 10.9. The number of rotatable bonds is 3. The number of fused-ring (bicyclic) bond motifs is 1. The van der Waals surface area contributed by atoms with Crippen LogP contribution in [0, 0.1) is 11.3 Å². The van der Waals surface area contributed by atoms with Crippen molar-refractivity contribution in [3.05, 3.63) is 59.4 Å². The van der Waals surface area contributed by atoms with Gasteiger partial charge in [-0.3, -0.25) is 4.68 Å². The Labute approximate surface area is 179 Å². The topological polar surface area (TPSA) is 56.9 Å². The summed E-state index contributed by atoms with van der Waals surface area (Å²) < 4.78 is 1.94. The van der Waals surface area contributed by atoms with Crippen LogP contribution in [0.5, 0.6) is 0 Å². The lowest BCUT2D eigenvalue weighted by Gasteiger charge is -2.29. The van der Waals surface area contributed by atoms with Gasteiger partial charge < -0.3 is 5.01 Å². The largest absolute Gasteiger partial charge is 0.308 e. The minimum absolute atomic E-state index is 0.0807. The second kappa shape index (κ2) is 8.12. The quantitative estimate of drug-likeness (QED) is 0.682. The molecule has 3 aromatic rings. The Bertz CT molecular complexity index is 1080. The number of nitrogens with one attached hydrogen (secondary N) is 1. The summed E-state index contributed by atoms with van der Waals surface area (Å²) in [4.78, 5) is 0. The van der Waals surface area contributed by atoms with Gasteiger partial charge >= 0.3 is 0 Å². The highest BCUT2D eigenvalue weighted by atomic mass is 15.5. The molecule has 30 heavy (non-hydrogen) atoms. The van der Waals surface area contributed by atoms with Crippen molar-refractivity contribution in [2.45, 2.75) is 57.9 Å². The van der Waals surface area contributed by atoms with E-state index in [4.69, 9.17) is 5.10 Å². The summed E-state index contributed by atoms with van der Waals surface area (Å²) in [5, 5.41) is 18.7. The summed E-state index contributed by atoms with van der Waals surface area (Å²) in [7, 11) is 2.01. The van der Waals surface area contributed by atoms with Gasteiger partial charge in [-0.1, -0.05) is 45.0 Å². The lowest BCUT2D eigenvalue weighted by Crippen LogP contribution is -2.45. The third-order valence-corrected chi connectivity index (χ3v) is 5.99. The molecular weight excluding hydrogens is 370 g/mol. The zero-order valence-corrected chi connectivity index (χ0v) is 18.4. The van der Waals surface area contributed by atoms with Gasteiger partial charge in [0.25, 0.3) is 0 Å². The van der Waals surface area contributed by atoms with E-state index >= 15 is 0 Å². The fourth-order valence-electron chi connectivity index (χ4n) is 4.51. The highest BCUT2D eigenvalue weighted by Gasteiger charge is 2.25. The zero-order chi connectivity index (χ0) is 21.3. The van der Waals surface area contributed by atoms with E-state index in [2.05, 4.69) is 55.6 Å². The SMILES string of the molecule is Cn1cc(C(C)(C)C)c(CC2CCCCN(c3ccc(C#N)c4ccccc34)N2)n1. The molecule has 0 spiro atoms. The van der Waals surface area contributed by atoms with Crippen LogP contribution in [-0.2, 0) is 18.9 Å². The Hall–Kier alpha value is -2.84. The van der Waals surface area contributed by atoms with Crippen molar-refractivity contribution in [3.8, 4) is 6.07 Å². The third kappa shape index (κ3) is 4.06. The van der Waals surface area contributed by atoms with E-state index in [0.29, 0.717) is 6.04 Å². The number of benzene rings is 2. The molecule has 1 unspecified atom stereocenters. The van der Waals surface area contributed by atoms with Crippen LogP contribution in [0.3, 0.4) is 0 Å². The fraction of sp³-hybridized carbons (Fsp3) is 0.440. The first-order valence-electron chi connectivity index (χ1n) is 10.9. The van der Waals surface area contributed by atoms with Crippen molar-refractivity contribution in [2.75, 3.05) is 11.6 Å². The molecule has 0 saturated carbocycles. The summed E-state index contributed by atoms with van der Waals surface area (Å²) in [6.07, 6.45) is 6.55. The summed E-state index contributed by atoms with van der Waals surface area (Å²) >= 11 is 0. The predicted octanol–water partition coefficient (Wildman–Crippen LogP) is 4.85. The van der Waals surface area contributed by atoms with Gasteiger partial charge in [-0.25, -0.2) is 5.43 Å². The van der Waals surface area contributed by atoms with E-state index in [1.165, 1.54) is 17.7 Å². The monoisotopic (exact) mass is 401 g/mol. The summed E-state index contributed by atoms with van der Waals surface area (Å²) in [5.74, 6) is 0. The van der Waals surface area contributed by atoms with Gasteiger partial charge in [0.2, 0.25) is 0 Å². The molecule has 5 nitrogen and oxygen atoms in total. The number of hydrogen-bond acceptors (Lipinski definition) is 4. The summed E-state index contributed by atoms with van der Waals surface area (Å²) in [5.41, 5.74) is 8.27. The molecule has 0 amide bonds. The van der Waals surface area contributed by atoms with E-state index < -0.39 is 0 Å². The van der Waals surface area contributed by atoms with Crippen molar-refractivity contribution >= 4 is 16.5 Å². The van der Waals surface area contributed by atoms with Crippen LogP contribution in [0.1, 0.15) is 56.9 Å². The number of hydrogen-bond donors (Lipinski definition) is 1. The van der Waals surface area contributed by atoms with Crippen LogP contribution < -0.4 is 10.4 Å². The molecule has 1 aromatic heterocycles. The molecule has 156 valence electrons. The average Bonchev–Trinajstić information content (AvgIpc) is 2.94. The van der Waals surface area contributed by atoms with E-state index in [0.717, 1.165) is 47.8 Å². The molecular formula is C25H31N5. The normalized spacial score (nSPS) is 17.7. The number of nitrogens with zero attached hydrogens (tertiary/aromatic N) is 4. The van der Waals surface area contributed by atoms with E-state index in [9.17, 15) is 5.26 Å². The molecule has 1 aliphatic heterocycles. The van der Waals surface area contributed by atoms with Crippen LogP contribution in [0.15, 0.2) is 42.6 Å². The van der Waals surface area contributed by atoms with Gasteiger partial charge in [0, 0.05) is 43.0 Å². The lowest BCUT2D eigenvalue weighted by molar-refractivity contribution is 0.477. The first kappa shape index (κ1) is 20.4. The molecule has 1 saturated heterocycles. The van der Waals surface area contributed by atoms with Gasteiger partial charge in [-0.05, 0) is 42.4 Å². The predicted molar refractivity (Wildman–Crippen MR) is 122 cm³/mol. The molecule has 0 aliphatic carbocycles. The van der Waals surface area contributed by atoms with E-state index in [1.54, 1.807) is 0 Å². The number of hydrazine groups is 1. The van der Waals surface area contributed by atoms with Gasteiger partial charge in [0.05, 0.1) is 23.0 Å². The maximum Gasteiger partial charge on any atom is 0.0998 e. The second-order valence-corrected chi connectivity index (χ2v) is 9.38. The summed E-state index contributed by atoms with van der Waals surface area (Å²) in [6, 6.07) is 14.9. The standard InChI is InChI=1S/C25H31N5/c1-25(2,3)22-17-29(4)28-23(22)15-19-9-7-8-14-30(27-19)24-13-12-18(16-26)20-10-5-6-11-21(20)24/h5-6,10-13,17,19,27H,7-9,14-15H2,1-4H3. The molecule has 4 rings (SSSR count). The Morgan fingerprint density at radius 3 is 2.63 bits per heavy atom. The number of anilines is 1. The molecule has 0 radical (unpaired) electrons. The number of aromatic nitrogens is 2. The van der Waals surface area contributed by atoms with Crippen LogP contribution in [0.2, 0.25) is 0 Å². The Morgan fingerprint density at radius 1 is 1.13 bits per heavy atom. The van der Waals surface area contributed by atoms with Crippen LogP contribution in [-0.4, -0.2) is 22.4 Å². The van der Waals surface area contributed by atoms with Crippen LogP contribution in [0.4, 0.5) is 5.69 Å². The van der Waals surface area contributed by atoms with E-state index in [1.807, 2.05) is 36.0 Å². The molecule has 2 aromatic carbocycles. The van der Waals surface area contributed by atoms with Gasteiger partial charge in [0.1, 0.15) is 0 Å². The van der Waals surface area contributed by atoms with Crippen LogP contribution in [0.25, 0.3) is 10.8 Å². The molecule has 1 fully saturated rings.